The van der Waals surface area contributed by atoms with Gasteiger partial charge in [0, 0.05) is 56.1 Å². The summed E-state index contributed by atoms with van der Waals surface area (Å²) in [5, 5.41) is 2.99. The van der Waals surface area contributed by atoms with Crippen molar-refractivity contribution in [1.29, 1.82) is 0 Å². The fourth-order valence-electron chi connectivity index (χ4n) is 4.36. The molecule has 11 heteroatoms. The molecule has 2 fully saturated rings. The Labute approximate surface area is 183 Å². The van der Waals surface area contributed by atoms with Gasteiger partial charge >= 0.3 is 6.18 Å². The van der Waals surface area contributed by atoms with Crippen molar-refractivity contribution in [2.75, 3.05) is 74.3 Å². The van der Waals surface area contributed by atoms with Gasteiger partial charge in [-0.1, -0.05) is 0 Å². The molecule has 172 valence electrons. The number of morpholine rings is 2. The number of ether oxygens (including phenoxy) is 2. The molecule has 32 heavy (non-hydrogen) atoms. The van der Waals surface area contributed by atoms with Crippen LogP contribution in [-0.4, -0.2) is 74.1 Å². The summed E-state index contributed by atoms with van der Waals surface area (Å²) in [4.78, 5) is 17.6. The molecule has 0 spiro atoms. The Hall–Kier alpha value is -2.66. The van der Waals surface area contributed by atoms with Crippen LogP contribution in [0.5, 0.6) is 0 Å². The minimum absolute atomic E-state index is 0.00799. The van der Waals surface area contributed by atoms with E-state index < -0.39 is 11.7 Å². The molecule has 0 aromatic carbocycles. The molecule has 2 aromatic heterocycles. The summed E-state index contributed by atoms with van der Waals surface area (Å²) in [5.41, 5.74) is -0.225. The highest BCUT2D eigenvalue weighted by molar-refractivity contribution is 5.72. The number of nitrogens with one attached hydrogen (secondary N) is 1. The van der Waals surface area contributed by atoms with Crippen LogP contribution in [0.25, 0.3) is 11.3 Å². The van der Waals surface area contributed by atoms with Gasteiger partial charge in [-0.25, -0.2) is 9.97 Å². The van der Waals surface area contributed by atoms with Crippen molar-refractivity contribution in [2.24, 2.45) is 0 Å². The zero-order valence-corrected chi connectivity index (χ0v) is 17.6. The zero-order valence-electron chi connectivity index (χ0n) is 17.6. The van der Waals surface area contributed by atoms with Crippen molar-refractivity contribution in [3.8, 4) is 11.3 Å². The maximum atomic E-state index is 14.3. The Bertz CT molecular complexity index is 938. The number of hydrogen-bond donors (Lipinski definition) is 1. The van der Waals surface area contributed by atoms with E-state index in [1.54, 1.807) is 6.07 Å². The summed E-state index contributed by atoms with van der Waals surface area (Å²) in [7, 11) is 0. The van der Waals surface area contributed by atoms with E-state index in [0.29, 0.717) is 89.6 Å². The van der Waals surface area contributed by atoms with Crippen LogP contribution in [0.3, 0.4) is 0 Å². The van der Waals surface area contributed by atoms with Gasteiger partial charge in [0.15, 0.2) is 0 Å². The highest BCUT2D eigenvalue weighted by Crippen LogP contribution is 2.42. The zero-order chi connectivity index (χ0) is 22.1. The van der Waals surface area contributed by atoms with Crippen LogP contribution in [0.4, 0.5) is 30.8 Å². The van der Waals surface area contributed by atoms with Crippen LogP contribution in [0.1, 0.15) is 17.5 Å². The third-order valence-corrected chi connectivity index (χ3v) is 5.96. The van der Waals surface area contributed by atoms with Crippen LogP contribution < -0.4 is 15.1 Å². The van der Waals surface area contributed by atoms with Gasteiger partial charge in [-0.2, -0.15) is 18.2 Å². The van der Waals surface area contributed by atoms with Crippen LogP contribution in [0.2, 0.25) is 0 Å². The Morgan fingerprint density at radius 1 is 0.938 bits per heavy atom. The second kappa shape index (κ2) is 8.70. The molecule has 2 aromatic rings. The molecule has 0 atom stereocenters. The predicted octanol–water partition coefficient (Wildman–Crippen LogP) is 2.59. The number of aromatic nitrogens is 3. The predicted molar refractivity (Wildman–Crippen MR) is 113 cm³/mol. The number of anilines is 3. The molecule has 3 aliphatic rings. The van der Waals surface area contributed by atoms with E-state index in [1.165, 1.54) is 6.20 Å². The number of hydrogen-bond acceptors (Lipinski definition) is 8. The lowest BCUT2D eigenvalue weighted by Crippen LogP contribution is -2.39. The Morgan fingerprint density at radius 3 is 2.31 bits per heavy atom. The van der Waals surface area contributed by atoms with Crippen LogP contribution in [0.15, 0.2) is 12.3 Å². The van der Waals surface area contributed by atoms with Gasteiger partial charge in [-0.3, -0.25) is 0 Å². The largest absolute Gasteiger partial charge is 0.417 e. The van der Waals surface area contributed by atoms with E-state index in [-0.39, 0.29) is 16.8 Å². The molecule has 2 saturated heterocycles. The first-order valence-electron chi connectivity index (χ1n) is 10.9. The smallest absolute Gasteiger partial charge is 0.378 e. The Morgan fingerprint density at radius 2 is 1.62 bits per heavy atom. The van der Waals surface area contributed by atoms with E-state index in [9.17, 15) is 13.2 Å². The lowest BCUT2D eigenvalue weighted by molar-refractivity contribution is -0.137. The highest BCUT2D eigenvalue weighted by atomic mass is 19.4. The van der Waals surface area contributed by atoms with Crippen LogP contribution in [0, 0.1) is 0 Å². The average molecular weight is 450 g/mol. The van der Waals surface area contributed by atoms with E-state index in [4.69, 9.17) is 14.5 Å². The normalized spacial score (nSPS) is 19.5. The lowest BCUT2D eigenvalue weighted by atomic mass is 9.95. The first-order valence-corrected chi connectivity index (χ1v) is 10.9. The fourth-order valence-corrected chi connectivity index (χ4v) is 4.36. The summed E-state index contributed by atoms with van der Waals surface area (Å²) < 4.78 is 53.7. The molecule has 5 rings (SSSR count). The summed E-state index contributed by atoms with van der Waals surface area (Å²) in [6.45, 7) is 5.19. The number of rotatable bonds is 3. The van der Waals surface area contributed by atoms with Crippen molar-refractivity contribution in [2.45, 2.75) is 19.0 Å². The molecule has 8 nitrogen and oxygen atoms in total. The number of alkyl halides is 3. The van der Waals surface area contributed by atoms with Crippen molar-refractivity contribution in [3.63, 3.8) is 0 Å². The Balaban J connectivity index is 1.65. The van der Waals surface area contributed by atoms with E-state index >= 15 is 0 Å². The van der Waals surface area contributed by atoms with E-state index in [1.807, 2.05) is 9.80 Å². The topological polar surface area (TPSA) is 75.6 Å². The number of nitrogens with zero attached hydrogens (tertiary/aromatic N) is 5. The second-order valence-electron chi connectivity index (χ2n) is 8.01. The summed E-state index contributed by atoms with van der Waals surface area (Å²) in [6, 6.07) is 1.64. The van der Waals surface area contributed by atoms with Gasteiger partial charge in [-0.05, 0) is 12.8 Å². The van der Waals surface area contributed by atoms with Crippen molar-refractivity contribution in [1.82, 2.24) is 15.0 Å². The number of fused-ring (bicyclic) bond motifs is 1. The van der Waals surface area contributed by atoms with Crippen molar-refractivity contribution >= 4 is 17.6 Å². The SMILES string of the molecule is FC(F)(F)c1c(-c2cc(N3CCOCC3)nc(N3CCOCC3)n2)cnc2c1CCCN2. The molecule has 5 heterocycles. The molecule has 0 unspecified atom stereocenters. The third-order valence-electron chi connectivity index (χ3n) is 5.96. The molecule has 1 N–H and O–H groups in total. The quantitative estimate of drug-likeness (QED) is 0.765. The van der Waals surface area contributed by atoms with Gasteiger partial charge in [0.05, 0.1) is 37.7 Å². The van der Waals surface area contributed by atoms with Gasteiger partial charge < -0.3 is 24.6 Å². The van der Waals surface area contributed by atoms with Crippen molar-refractivity contribution in [3.05, 3.63) is 23.4 Å². The Kier molecular flexibility index (Phi) is 5.76. The monoisotopic (exact) mass is 450 g/mol. The third kappa shape index (κ3) is 4.18. The first-order chi connectivity index (χ1) is 15.5. The summed E-state index contributed by atoms with van der Waals surface area (Å²) in [6.07, 6.45) is -2.28. The van der Waals surface area contributed by atoms with Gasteiger partial charge in [0.1, 0.15) is 11.6 Å². The highest BCUT2D eigenvalue weighted by Gasteiger charge is 2.39. The van der Waals surface area contributed by atoms with Gasteiger partial charge in [0.2, 0.25) is 5.95 Å². The van der Waals surface area contributed by atoms with Crippen molar-refractivity contribution < 1.29 is 22.6 Å². The standard InChI is InChI=1S/C21H25F3N6O2/c22-21(23,24)18-14-2-1-3-25-19(14)26-13-15(18)16-12-17(29-4-8-31-9-5-29)28-20(27-16)30-6-10-32-11-7-30/h12-13H,1-11H2,(H,25,26). The van der Waals surface area contributed by atoms with Crippen LogP contribution in [-0.2, 0) is 22.1 Å². The van der Waals surface area contributed by atoms with E-state index in [0.717, 1.165) is 0 Å². The van der Waals surface area contributed by atoms with E-state index in [2.05, 4.69) is 15.3 Å². The first kappa shape index (κ1) is 21.2. The molecule has 0 radical (unpaired) electrons. The molecule has 3 aliphatic heterocycles. The molecule has 0 amide bonds. The molecule has 0 bridgehead atoms. The molecular weight excluding hydrogens is 425 g/mol. The average Bonchev–Trinajstić information content (AvgIpc) is 2.83. The summed E-state index contributed by atoms with van der Waals surface area (Å²) >= 11 is 0. The number of pyridine rings is 1. The maximum Gasteiger partial charge on any atom is 0.417 e. The molecule has 0 aliphatic carbocycles. The van der Waals surface area contributed by atoms with Gasteiger partial charge in [-0.15, -0.1) is 0 Å². The minimum atomic E-state index is -4.52. The van der Waals surface area contributed by atoms with Crippen LogP contribution >= 0.6 is 0 Å². The maximum absolute atomic E-state index is 14.3. The summed E-state index contributed by atoms with van der Waals surface area (Å²) in [5.74, 6) is 1.32. The minimum Gasteiger partial charge on any atom is -0.378 e. The molecular formula is C21H25F3N6O2. The van der Waals surface area contributed by atoms with Gasteiger partial charge in [0.25, 0.3) is 0 Å². The fraction of sp³-hybridized carbons (Fsp3) is 0.571. The number of halogens is 3. The molecule has 0 saturated carbocycles. The second-order valence-corrected chi connectivity index (χ2v) is 8.01. The lowest BCUT2D eigenvalue weighted by Gasteiger charge is -2.31.